The van der Waals surface area contributed by atoms with Crippen LogP contribution in [-0.2, 0) is 0 Å². The van der Waals surface area contributed by atoms with Crippen LogP contribution in [0.2, 0.25) is 0 Å². The van der Waals surface area contributed by atoms with Gasteiger partial charge in [0.2, 0.25) is 0 Å². The van der Waals surface area contributed by atoms with Gasteiger partial charge in [-0.2, -0.15) is 0 Å². The first-order chi connectivity index (χ1) is 10.7. The van der Waals surface area contributed by atoms with Gasteiger partial charge in [0.1, 0.15) is 0 Å². The van der Waals surface area contributed by atoms with Gasteiger partial charge < -0.3 is 15.9 Å². The lowest BCUT2D eigenvalue weighted by Gasteiger charge is -2.29. The molecule has 0 aliphatic carbocycles. The molecule has 0 aliphatic rings. The van der Waals surface area contributed by atoms with Crippen molar-refractivity contribution in [3.8, 4) is 0 Å². The van der Waals surface area contributed by atoms with Crippen molar-refractivity contribution in [1.82, 2.24) is 0 Å². The molecular weight excluding hydrogens is 286 g/mol. The Morgan fingerprint density at radius 1 is 0.826 bits per heavy atom. The van der Waals surface area contributed by atoms with Crippen LogP contribution in [-0.4, -0.2) is 28.5 Å². The van der Waals surface area contributed by atoms with Crippen LogP contribution in [0.25, 0.3) is 0 Å². The van der Waals surface area contributed by atoms with Crippen molar-refractivity contribution in [2.75, 3.05) is 6.61 Å². The van der Waals surface area contributed by atoms with E-state index in [1.54, 1.807) is 0 Å². The average Bonchev–Trinajstić information content (AvgIpc) is 2.45. The predicted molar refractivity (Wildman–Crippen MR) is 100 cm³/mol. The summed E-state index contributed by atoms with van der Waals surface area (Å²) >= 11 is 0. The summed E-state index contributed by atoms with van der Waals surface area (Å²) in [6.07, 6.45) is 10.2. The normalized spacial score (nSPS) is 18.7. The fraction of sp³-hybridized carbons (Fsp3) is 1.00. The SMILES string of the molecule is CC(C)CCCC(C)CCCC(C)CCCC(C)(N)C(O)CO. The molecule has 0 rings (SSSR count). The summed E-state index contributed by atoms with van der Waals surface area (Å²) < 4.78 is 0. The van der Waals surface area contributed by atoms with E-state index < -0.39 is 11.6 Å². The van der Waals surface area contributed by atoms with Gasteiger partial charge in [0.25, 0.3) is 0 Å². The third kappa shape index (κ3) is 12.0. The monoisotopic (exact) mass is 329 g/mol. The molecular formula is C20H43NO2. The summed E-state index contributed by atoms with van der Waals surface area (Å²) in [5, 5.41) is 18.7. The predicted octanol–water partition coefficient (Wildman–Crippen LogP) is 4.50. The first-order valence-electron chi connectivity index (χ1n) is 9.76. The van der Waals surface area contributed by atoms with Gasteiger partial charge in [-0.3, -0.25) is 0 Å². The molecule has 0 aromatic rings. The number of hydrogen-bond acceptors (Lipinski definition) is 3. The molecule has 4 unspecified atom stereocenters. The van der Waals surface area contributed by atoms with Gasteiger partial charge in [-0.25, -0.2) is 0 Å². The second kappa shape index (κ2) is 12.3. The van der Waals surface area contributed by atoms with E-state index in [0.29, 0.717) is 0 Å². The van der Waals surface area contributed by atoms with Gasteiger partial charge in [-0.15, -0.1) is 0 Å². The van der Waals surface area contributed by atoms with Crippen LogP contribution in [0.15, 0.2) is 0 Å². The molecule has 0 fully saturated rings. The smallest absolute Gasteiger partial charge is 0.0947 e. The molecule has 0 heterocycles. The minimum atomic E-state index is -0.815. The molecule has 4 atom stereocenters. The highest BCUT2D eigenvalue weighted by Gasteiger charge is 2.27. The minimum absolute atomic E-state index is 0.253. The minimum Gasteiger partial charge on any atom is -0.394 e. The standard InChI is InChI=1S/C20H43NO2/c1-16(2)9-6-10-17(3)11-7-12-18(4)13-8-14-20(5,21)19(23)15-22/h16-19,22-23H,6-15,21H2,1-5H3. The Bertz CT molecular complexity index is 279. The fourth-order valence-electron chi connectivity index (χ4n) is 3.18. The molecule has 0 amide bonds. The van der Waals surface area contributed by atoms with Crippen LogP contribution < -0.4 is 5.73 Å². The van der Waals surface area contributed by atoms with E-state index >= 15 is 0 Å². The lowest BCUT2D eigenvalue weighted by molar-refractivity contribution is 0.0327. The Labute approximate surface area is 145 Å². The van der Waals surface area contributed by atoms with Gasteiger partial charge in [0, 0.05) is 5.54 Å². The summed E-state index contributed by atoms with van der Waals surface area (Å²) in [7, 11) is 0. The molecule has 0 radical (unpaired) electrons. The second-order valence-corrected chi connectivity index (χ2v) is 8.56. The Hall–Kier alpha value is -0.120. The van der Waals surface area contributed by atoms with Crippen LogP contribution in [0, 0.1) is 17.8 Å². The topological polar surface area (TPSA) is 66.5 Å². The largest absolute Gasteiger partial charge is 0.394 e. The molecule has 0 saturated carbocycles. The lowest BCUT2D eigenvalue weighted by atomic mass is 9.87. The molecule has 3 heteroatoms. The van der Waals surface area contributed by atoms with Gasteiger partial charge in [0.15, 0.2) is 0 Å². The number of nitrogens with two attached hydrogens (primary N) is 1. The molecule has 3 nitrogen and oxygen atoms in total. The first-order valence-corrected chi connectivity index (χ1v) is 9.76. The molecule has 0 aliphatic heterocycles. The van der Waals surface area contributed by atoms with Crippen LogP contribution in [0.5, 0.6) is 0 Å². The average molecular weight is 330 g/mol. The van der Waals surface area contributed by atoms with Gasteiger partial charge >= 0.3 is 0 Å². The van der Waals surface area contributed by atoms with E-state index in [1.165, 1.54) is 38.5 Å². The van der Waals surface area contributed by atoms with E-state index in [1.807, 2.05) is 6.92 Å². The van der Waals surface area contributed by atoms with Crippen molar-refractivity contribution >= 4 is 0 Å². The molecule has 4 N–H and O–H groups in total. The molecule has 0 aromatic heterocycles. The first kappa shape index (κ1) is 22.9. The van der Waals surface area contributed by atoms with Crippen molar-refractivity contribution in [2.24, 2.45) is 23.5 Å². The maximum absolute atomic E-state index is 9.68. The zero-order valence-corrected chi connectivity index (χ0v) is 16.4. The Morgan fingerprint density at radius 3 is 1.70 bits per heavy atom. The summed E-state index contributed by atoms with van der Waals surface area (Å²) in [5.74, 6) is 2.41. The summed E-state index contributed by atoms with van der Waals surface area (Å²) in [4.78, 5) is 0. The second-order valence-electron chi connectivity index (χ2n) is 8.56. The third-order valence-corrected chi connectivity index (χ3v) is 5.22. The molecule has 0 bridgehead atoms. The van der Waals surface area contributed by atoms with E-state index in [2.05, 4.69) is 27.7 Å². The zero-order valence-electron chi connectivity index (χ0n) is 16.4. The van der Waals surface area contributed by atoms with Crippen LogP contribution >= 0.6 is 0 Å². The number of aliphatic hydroxyl groups is 2. The summed E-state index contributed by atoms with van der Waals surface area (Å²) in [5.41, 5.74) is 5.39. The van der Waals surface area contributed by atoms with Crippen LogP contribution in [0.1, 0.15) is 92.4 Å². The molecule has 0 aromatic carbocycles. The number of hydrogen-bond donors (Lipinski definition) is 3. The summed E-state index contributed by atoms with van der Waals surface area (Å²) in [6.45, 7) is 10.9. The van der Waals surface area contributed by atoms with E-state index in [-0.39, 0.29) is 6.61 Å². The van der Waals surface area contributed by atoms with E-state index in [9.17, 15) is 5.11 Å². The Balaban J connectivity index is 3.69. The Kier molecular flexibility index (Phi) is 12.2. The van der Waals surface area contributed by atoms with Gasteiger partial charge in [-0.05, 0) is 31.1 Å². The molecule has 140 valence electrons. The maximum Gasteiger partial charge on any atom is 0.0947 e. The quantitative estimate of drug-likeness (QED) is 0.440. The fourth-order valence-corrected chi connectivity index (χ4v) is 3.18. The molecule has 0 saturated heterocycles. The van der Waals surface area contributed by atoms with Crippen molar-refractivity contribution in [2.45, 2.75) is 104 Å². The lowest BCUT2D eigenvalue weighted by Crippen LogP contribution is -2.49. The van der Waals surface area contributed by atoms with Crippen molar-refractivity contribution in [1.29, 1.82) is 0 Å². The maximum atomic E-state index is 9.68. The van der Waals surface area contributed by atoms with E-state index in [0.717, 1.165) is 37.0 Å². The van der Waals surface area contributed by atoms with Crippen molar-refractivity contribution < 1.29 is 10.2 Å². The number of rotatable bonds is 14. The number of aliphatic hydroxyl groups excluding tert-OH is 2. The molecule has 23 heavy (non-hydrogen) atoms. The summed E-state index contributed by atoms with van der Waals surface area (Å²) in [6, 6.07) is 0. The Morgan fingerprint density at radius 2 is 1.26 bits per heavy atom. The van der Waals surface area contributed by atoms with E-state index in [4.69, 9.17) is 10.8 Å². The highest BCUT2D eigenvalue weighted by molar-refractivity contribution is 4.86. The molecule has 0 spiro atoms. The van der Waals surface area contributed by atoms with Crippen LogP contribution in [0.4, 0.5) is 0 Å². The zero-order chi connectivity index (χ0) is 17.9. The van der Waals surface area contributed by atoms with Crippen molar-refractivity contribution in [3.05, 3.63) is 0 Å². The highest BCUT2D eigenvalue weighted by Crippen LogP contribution is 2.23. The highest BCUT2D eigenvalue weighted by atomic mass is 16.3. The van der Waals surface area contributed by atoms with Gasteiger partial charge in [-0.1, -0.05) is 79.1 Å². The third-order valence-electron chi connectivity index (χ3n) is 5.22. The van der Waals surface area contributed by atoms with Crippen LogP contribution in [0.3, 0.4) is 0 Å². The van der Waals surface area contributed by atoms with Gasteiger partial charge in [0.05, 0.1) is 12.7 Å². The van der Waals surface area contributed by atoms with Crippen molar-refractivity contribution in [3.63, 3.8) is 0 Å².